The zero-order valence-electron chi connectivity index (χ0n) is 16.3. The van der Waals surface area contributed by atoms with Gasteiger partial charge in [-0.05, 0) is 49.1 Å². The molecule has 27 heavy (non-hydrogen) atoms. The zero-order valence-corrected chi connectivity index (χ0v) is 16.3. The van der Waals surface area contributed by atoms with Crippen molar-refractivity contribution < 1.29 is 19.0 Å². The van der Waals surface area contributed by atoms with Gasteiger partial charge < -0.3 is 19.5 Å². The molecule has 1 heterocycles. The molecule has 2 atom stereocenters. The topological polar surface area (TPSA) is 56.8 Å². The Morgan fingerprint density at radius 1 is 1.00 bits per heavy atom. The summed E-state index contributed by atoms with van der Waals surface area (Å²) < 4.78 is 17.1. The van der Waals surface area contributed by atoms with E-state index in [1.54, 1.807) is 6.92 Å². The van der Waals surface area contributed by atoms with E-state index in [1.807, 2.05) is 49.4 Å². The minimum absolute atomic E-state index is 0.157. The number of para-hydroxylation sites is 1. The third-order valence-corrected chi connectivity index (χ3v) is 4.64. The molecule has 3 rings (SSSR count). The van der Waals surface area contributed by atoms with Gasteiger partial charge in [0.1, 0.15) is 19.0 Å². The molecule has 5 nitrogen and oxygen atoms in total. The van der Waals surface area contributed by atoms with Crippen LogP contribution in [-0.2, 0) is 4.79 Å². The molecule has 0 bridgehead atoms. The Balaban J connectivity index is 1.64. The van der Waals surface area contributed by atoms with E-state index in [0.717, 1.165) is 28.4 Å². The van der Waals surface area contributed by atoms with Crippen LogP contribution in [0.5, 0.6) is 17.2 Å². The van der Waals surface area contributed by atoms with E-state index >= 15 is 0 Å². The number of carbonyl (C=O) groups excluding carboxylic acids is 1. The van der Waals surface area contributed by atoms with Crippen molar-refractivity contribution >= 4 is 5.91 Å². The van der Waals surface area contributed by atoms with Gasteiger partial charge in [0.05, 0.1) is 6.04 Å². The first kappa shape index (κ1) is 19.1. The monoisotopic (exact) mass is 369 g/mol. The molecule has 1 aliphatic heterocycles. The van der Waals surface area contributed by atoms with Crippen LogP contribution >= 0.6 is 0 Å². The zero-order chi connectivity index (χ0) is 19.4. The Morgan fingerprint density at radius 2 is 1.70 bits per heavy atom. The molecule has 144 valence electrons. The number of ether oxygens (including phenoxy) is 3. The largest absolute Gasteiger partial charge is 0.486 e. The van der Waals surface area contributed by atoms with Crippen LogP contribution < -0.4 is 19.5 Å². The van der Waals surface area contributed by atoms with Gasteiger partial charge in [-0.3, -0.25) is 4.79 Å². The highest BCUT2D eigenvalue weighted by Gasteiger charge is 2.21. The fourth-order valence-corrected chi connectivity index (χ4v) is 3.05. The van der Waals surface area contributed by atoms with Crippen molar-refractivity contribution in [2.45, 2.75) is 45.8 Å². The lowest BCUT2D eigenvalue weighted by molar-refractivity contribution is -0.127. The summed E-state index contributed by atoms with van der Waals surface area (Å²) in [6.07, 6.45) is -0.593. The second-order valence-corrected chi connectivity index (χ2v) is 7.09. The van der Waals surface area contributed by atoms with Crippen LogP contribution in [0.3, 0.4) is 0 Å². The summed E-state index contributed by atoms with van der Waals surface area (Å²) >= 11 is 0. The molecule has 0 saturated heterocycles. The van der Waals surface area contributed by atoms with Crippen molar-refractivity contribution in [3.63, 3.8) is 0 Å². The molecule has 0 fully saturated rings. The summed E-state index contributed by atoms with van der Waals surface area (Å²) in [6.45, 7) is 9.03. The van der Waals surface area contributed by atoms with Crippen molar-refractivity contribution in [3.05, 3.63) is 53.6 Å². The van der Waals surface area contributed by atoms with E-state index in [4.69, 9.17) is 14.2 Å². The average Bonchev–Trinajstić information content (AvgIpc) is 2.67. The van der Waals surface area contributed by atoms with Crippen molar-refractivity contribution in [2.75, 3.05) is 13.2 Å². The molecule has 0 unspecified atom stereocenters. The number of carbonyl (C=O) groups is 1. The maximum absolute atomic E-state index is 12.6. The fraction of sp³-hybridized carbons (Fsp3) is 0.409. The molecule has 0 aliphatic carbocycles. The fourth-order valence-electron chi connectivity index (χ4n) is 3.05. The number of fused-ring (bicyclic) bond motifs is 1. The molecule has 0 saturated carbocycles. The summed E-state index contributed by atoms with van der Waals surface area (Å²) in [4.78, 5) is 12.6. The molecule has 0 aromatic heterocycles. The molecule has 1 N–H and O–H groups in total. The maximum atomic E-state index is 12.6. The summed E-state index contributed by atoms with van der Waals surface area (Å²) in [5.74, 6) is 2.38. The smallest absolute Gasteiger partial charge is 0.261 e. The lowest BCUT2D eigenvalue weighted by atomic mass is 10.0. The Labute approximate surface area is 160 Å². The standard InChI is InChI=1S/C22H27NO4/c1-14(2)18-7-5-6-8-19(18)27-16(4)22(24)23-15(3)17-9-10-20-21(13-17)26-12-11-25-20/h5-10,13-16H,11-12H2,1-4H3,(H,23,24)/t15-,16+/m1/s1. The SMILES string of the molecule is CC(C)c1ccccc1O[C@@H](C)C(=O)N[C@H](C)c1ccc2c(c1)OCCO2. The summed E-state index contributed by atoms with van der Waals surface area (Å²) in [6, 6.07) is 13.4. The average molecular weight is 369 g/mol. The predicted octanol–water partition coefficient (Wildman–Crippen LogP) is 4.23. The number of rotatable bonds is 6. The van der Waals surface area contributed by atoms with E-state index in [2.05, 4.69) is 19.2 Å². The van der Waals surface area contributed by atoms with Crippen LogP contribution in [0.1, 0.15) is 50.8 Å². The number of hydrogen-bond donors (Lipinski definition) is 1. The molecular weight excluding hydrogens is 342 g/mol. The first-order chi connectivity index (χ1) is 13.0. The van der Waals surface area contributed by atoms with Crippen molar-refractivity contribution in [1.82, 2.24) is 5.32 Å². The van der Waals surface area contributed by atoms with E-state index in [-0.39, 0.29) is 11.9 Å². The van der Waals surface area contributed by atoms with E-state index < -0.39 is 6.10 Å². The first-order valence-corrected chi connectivity index (χ1v) is 9.41. The Morgan fingerprint density at radius 3 is 2.44 bits per heavy atom. The second kappa shape index (κ2) is 8.33. The minimum Gasteiger partial charge on any atom is -0.486 e. The molecular formula is C22H27NO4. The lowest BCUT2D eigenvalue weighted by Crippen LogP contribution is -2.38. The van der Waals surface area contributed by atoms with Gasteiger partial charge in [-0.25, -0.2) is 0 Å². The van der Waals surface area contributed by atoms with Gasteiger partial charge in [-0.1, -0.05) is 38.1 Å². The van der Waals surface area contributed by atoms with Gasteiger partial charge in [0.2, 0.25) is 0 Å². The third kappa shape index (κ3) is 4.54. The van der Waals surface area contributed by atoms with E-state index in [9.17, 15) is 4.79 Å². The third-order valence-electron chi connectivity index (χ3n) is 4.64. The van der Waals surface area contributed by atoms with Crippen molar-refractivity contribution in [2.24, 2.45) is 0 Å². The lowest BCUT2D eigenvalue weighted by Gasteiger charge is -2.23. The normalized spacial score (nSPS) is 15.1. The molecule has 0 spiro atoms. The summed E-state index contributed by atoms with van der Waals surface area (Å²) in [5, 5.41) is 3.01. The van der Waals surface area contributed by atoms with Crippen LogP contribution in [-0.4, -0.2) is 25.2 Å². The molecule has 2 aromatic carbocycles. The van der Waals surface area contributed by atoms with Crippen LogP contribution in [0.15, 0.2) is 42.5 Å². The van der Waals surface area contributed by atoms with Crippen molar-refractivity contribution in [3.8, 4) is 17.2 Å². The molecule has 5 heteroatoms. The van der Waals surface area contributed by atoms with Gasteiger partial charge >= 0.3 is 0 Å². The molecule has 1 amide bonds. The number of amides is 1. The molecule has 1 aliphatic rings. The number of benzene rings is 2. The summed E-state index contributed by atoms with van der Waals surface area (Å²) in [7, 11) is 0. The van der Waals surface area contributed by atoms with Gasteiger partial charge in [-0.15, -0.1) is 0 Å². The second-order valence-electron chi connectivity index (χ2n) is 7.09. The molecule has 0 radical (unpaired) electrons. The quantitative estimate of drug-likeness (QED) is 0.828. The predicted molar refractivity (Wildman–Crippen MR) is 105 cm³/mol. The van der Waals surface area contributed by atoms with E-state index in [1.165, 1.54) is 0 Å². The highest BCUT2D eigenvalue weighted by atomic mass is 16.6. The van der Waals surface area contributed by atoms with Crippen LogP contribution in [0.25, 0.3) is 0 Å². The molecule has 2 aromatic rings. The van der Waals surface area contributed by atoms with Gasteiger partial charge in [0.25, 0.3) is 5.91 Å². The number of nitrogens with one attached hydrogen (secondary N) is 1. The van der Waals surface area contributed by atoms with Gasteiger partial charge in [0.15, 0.2) is 17.6 Å². The minimum atomic E-state index is -0.593. The Kier molecular flexibility index (Phi) is 5.89. The highest BCUT2D eigenvalue weighted by molar-refractivity contribution is 5.81. The summed E-state index contributed by atoms with van der Waals surface area (Å²) in [5.41, 5.74) is 2.06. The number of hydrogen-bond acceptors (Lipinski definition) is 4. The van der Waals surface area contributed by atoms with E-state index in [0.29, 0.717) is 19.1 Å². The maximum Gasteiger partial charge on any atom is 0.261 e. The van der Waals surface area contributed by atoms with Crippen LogP contribution in [0, 0.1) is 0 Å². The Hall–Kier alpha value is -2.69. The Bertz CT molecular complexity index is 803. The van der Waals surface area contributed by atoms with Crippen LogP contribution in [0.4, 0.5) is 0 Å². The first-order valence-electron chi connectivity index (χ1n) is 9.41. The van der Waals surface area contributed by atoms with Crippen LogP contribution in [0.2, 0.25) is 0 Å². The van der Waals surface area contributed by atoms with Gasteiger partial charge in [0, 0.05) is 0 Å². The van der Waals surface area contributed by atoms with Crippen molar-refractivity contribution in [1.29, 1.82) is 0 Å². The van der Waals surface area contributed by atoms with Gasteiger partial charge in [-0.2, -0.15) is 0 Å². The highest BCUT2D eigenvalue weighted by Crippen LogP contribution is 2.32.